The maximum absolute atomic E-state index is 12.4. The fraction of sp³-hybridized carbons (Fsp3) is 0.562. The Balaban J connectivity index is 2.10. The summed E-state index contributed by atoms with van der Waals surface area (Å²) in [5.41, 5.74) is -0.126. The van der Waals surface area contributed by atoms with Crippen LogP contribution >= 0.6 is 0 Å². The number of carbonyl (C=O) groups is 1. The molecule has 0 unspecified atom stereocenters. The van der Waals surface area contributed by atoms with Crippen LogP contribution in [0, 0.1) is 5.92 Å². The largest absolute Gasteiger partial charge is 0.434 e. The second kappa shape index (κ2) is 6.41. The predicted molar refractivity (Wildman–Crippen MR) is 76.6 cm³/mol. The molecule has 0 saturated heterocycles. The van der Waals surface area contributed by atoms with E-state index >= 15 is 0 Å². The van der Waals surface area contributed by atoms with Gasteiger partial charge in [0.2, 0.25) is 0 Å². The maximum Gasteiger partial charge on any atom is 0.387 e. The SMILES string of the molecule is CC1CCC(C)(NC(=O)c2ccccc2OC(F)F)CC1. The van der Waals surface area contributed by atoms with Gasteiger partial charge in [0, 0.05) is 5.54 Å². The molecule has 0 heterocycles. The summed E-state index contributed by atoms with van der Waals surface area (Å²) in [4.78, 5) is 12.4. The van der Waals surface area contributed by atoms with Gasteiger partial charge in [0.25, 0.3) is 5.91 Å². The summed E-state index contributed by atoms with van der Waals surface area (Å²) in [5.74, 6) is 0.227. The molecule has 5 heteroatoms. The lowest BCUT2D eigenvalue weighted by Crippen LogP contribution is -2.48. The van der Waals surface area contributed by atoms with Crippen molar-refractivity contribution < 1.29 is 18.3 Å². The molecule has 3 nitrogen and oxygen atoms in total. The Bertz CT molecular complexity index is 497. The molecule has 1 aromatic rings. The van der Waals surface area contributed by atoms with Crippen molar-refractivity contribution in [2.75, 3.05) is 0 Å². The number of alkyl halides is 2. The van der Waals surface area contributed by atoms with Crippen molar-refractivity contribution in [1.82, 2.24) is 5.32 Å². The third kappa shape index (κ3) is 4.16. The number of amides is 1. The molecule has 0 aliphatic heterocycles. The average molecular weight is 297 g/mol. The van der Waals surface area contributed by atoms with Crippen LogP contribution in [0.1, 0.15) is 49.9 Å². The predicted octanol–water partition coefficient (Wildman–Crippen LogP) is 3.99. The van der Waals surface area contributed by atoms with E-state index in [0.717, 1.165) is 25.7 Å². The van der Waals surface area contributed by atoms with E-state index in [9.17, 15) is 13.6 Å². The summed E-state index contributed by atoms with van der Waals surface area (Å²) < 4.78 is 29.2. The molecule has 1 saturated carbocycles. The van der Waals surface area contributed by atoms with E-state index < -0.39 is 6.61 Å². The Labute approximate surface area is 123 Å². The smallest absolute Gasteiger partial charge is 0.387 e. The van der Waals surface area contributed by atoms with Crippen LogP contribution in [-0.4, -0.2) is 18.1 Å². The van der Waals surface area contributed by atoms with Gasteiger partial charge in [-0.3, -0.25) is 4.79 Å². The van der Waals surface area contributed by atoms with Crippen LogP contribution in [0.4, 0.5) is 8.78 Å². The minimum absolute atomic E-state index is 0.0854. The number of rotatable bonds is 4. The minimum Gasteiger partial charge on any atom is -0.434 e. The highest BCUT2D eigenvalue weighted by molar-refractivity contribution is 5.97. The van der Waals surface area contributed by atoms with Gasteiger partial charge in [-0.05, 0) is 50.7 Å². The number of ether oxygens (including phenoxy) is 1. The first-order valence-electron chi connectivity index (χ1n) is 7.26. The Morgan fingerprint density at radius 1 is 1.33 bits per heavy atom. The molecule has 21 heavy (non-hydrogen) atoms. The molecule has 0 radical (unpaired) electrons. The van der Waals surface area contributed by atoms with Gasteiger partial charge in [0.1, 0.15) is 5.75 Å². The van der Waals surface area contributed by atoms with E-state index in [1.807, 2.05) is 6.92 Å². The van der Waals surface area contributed by atoms with Crippen LogP contribution in [-0.2, 0) is 0 Å². The number of carbonyl (C=O) groups excluding carboxylic acids is 1. The van der Waals surface area contributed by atoms with Gasteiger partial charge in [-0.1, -0.05) is 19.1 Å². The maximum atomic E-state index is 12.4. The summed E-state index contributed by atoms with van der Waals surface area (Å²) in [6.07, 6.45) is 3.92. The molecule has 1 aliphatic rings. The Morgan fingerprint density at radius 2 is 1.95 bits per heavy atom. The molecule has 0 atom stereocenters. The zero-order valence-corrected chi connectivity index (χ0v) is 12.4. The van der Waals surface area contributed by atoms with Crippen molar-refractivity contribution in [3.05, 3.63) is 29.8 Å². The summed E-state index contributed by atoms with van der Waals surface area (Å²) in [7, 11) is 0. The van der Waals surface area contributed by atoms with E-state index in [0.29, 0.717) is 5.92 Å². The lowest BCUT2D eigenvalue weighted by Gasteiger charge is -2.37. The van der Waals surface area contributed by atoms with Gasteiger partial charge >= 0.3 is 6.61 Å². The second-order valence-corrected chi connectivity index (χ2v) is 6.07. The highest BCUT2D eigenvalue weighted by Gasteiger charge is 2.31. The molecule has 1 amide bonds. The Morgan fingerprint density at radius 3 is 2.57 bits per heavy atom. The van der Waals surface area contributed by atoms with Gasteiger partial charge in [0.15, 0.2) is 0 Å². The minimum atomic E-state index is -2.94. The molecule has 0 spiro atoms. The number of hydrogen-bond donors (Lipinski definition) is 1. The van der Waals surface area contributed by atoms with Crippen LogP contribution in [0.3, 0.4) is 0 Å². The highest BCUT2D eigenvalue weighted by Crippen LogP contribution is 2.32. The summed E-state index contributed by atoms with van der Waals surface area (Å²) in [5, 5.41) is 2.98. The molecule has 1 aliphatic carbocycles. The monoisotopic (exact) mass is 297 g/mol. The normalized spacial score (nSPS) is 25.7. The molecule has 2 rings (SSSR count). The first kappa shape index (κ1) is 15.7. The first-order valence-corrected chi connectivity index (χ1v) is 7.26. The summed E-state index contributed by atoms with van der Waals surface area (Å²) in [6, 6.07) is 6.09. The second-order valence-electron chi connectivity index (χ2n) is 6.07. The van der Waals surface area contributed by atoms with E-state index in [1.165, 1.54) is 12.1 Å². The van der Waals surface area contributed by atoms with Crippen molar-refractivity contribution in [3.8, 4) is 5.75 Å². The number of nitrogens with one attached hydrogen (secondary N) is 1. The highest BCUT2D eigenvalue weighted by atomic mass is 19.3. The first-order chi connectivity index (χ1) is 9.89. The average Bonchev–Trinajstić information content (AvgIpc) is 2.42. The van der Waals surface area contributed by atoms with E-state index in [1.54, 1.807) is 12.1 Å². The fourth-order valence-electron chi connectivity index (χ4n) is 2.72. The molecule has 1 N–H and O–H groups in total. The third-order valence-electron chi connectivity index (χ3n) is 4.14. The molecule has 1 fully saturated rings. The molecule has 0 aromatic heterocycles. The van der Waals surface area contributed by atoms with Gasteiger partial charge in [-0.25, -0.2) is 0 Å². The van der Waals surface area contributed by atoms with Crippen molar-refractivity contribution in [2.45, 2.75) is 51.7 Å². The van der Waals surface area contributed by atoms with Gasteiger partial charge < -0.3 is 10.1 Å². The zero-order valence-electron chi connectivity index (χ0n) is 12.4. The number of benzene rings is 1. The molecular formula is C16H21F2NO2. The molecule has 1 aromatic carbocycles. The lowest BCUT2D eigenvalue weighted by molar-refractivity contribution is -0.0501. The number of hydrogen-bond acceptors (Lipinski definition) is 2. The van der Waals surface area contributed by atoms with Crippen LogP contribution in [0.5, 0.6) is 5.75 Å². The Kier molecular flexibility index (Phi) is 4.80. The quantitative estimate of drug-likeness (QED) is 0.912. The van der Waals surface area contributed by atoms with Crippen molar-refractivity contribution in [2.24, 2.45) is 5.92 Å². The van der Waals surface area contributed by atoms with Gasteiger partial charge in [-0.2, -0.15) is 8.78 Å². The summed E-state index contributed by atoms with van der Waals surface area (Å²) in [6.45, 7) is 1.27. The fourth-order valence-corrected chi connectivity index (χ4v) is 2.72. The number of halogens is 2. The summed E-state index contributed by atoms with van der Waals surface area (Å²) >= 11 is 0. The van der Waals surface area contributed by atoms with E-state index in [4.69, 9.17) is 0 Å². The molecule has 116 valence electrons. The van der Waals surface area contributed by atoms with Crippen LogP contribution < -0.4 is 10.1 Å². The van der Waals surface area contributed by atoms with Crippen molar-refractivity contribution in [3.63, 3.8) is 0 Å². The Hall–Kier alpha value is -1.65. The third-order valence-corrected chi connectivity index (χ3v) is 4.14. The van der Waals surface area contributed by atoms with Crippen LogP contribution in [0.2, 0.25) is 0 Å². The lowest BCUT2D eigenvalue weighted by atomic mass is 9.78. The van der Waals surface area contributed by atoms with E-state index in [2.05, 4.69) is 17.0 Å². The molecule has 0 bridgehead atoms. The number of para-hydroxylation sites is 1. The topological polar surface area (TPSA) is 38.3 Å². The zero-order chi connectivity index (χ0) is 15.5. The van der Waals surface area contributed by atoms with E-state index in [-0.39, 0.29) is 22.8 Å². The van der Waals surface area contributed by atoms with Gasteiger partial charge in [-0.15, -0.1) is 0 Å². The van der Waals surface area contributed by atoms with Crippen LogP contribution in [0.25, 0.3) is 0 Å². The molecular weight excluding hydrogens is 276 g/mol. The van der Waals surface area contributed by atoms with Crippen molar-refractivity contribution in [1.29, 1.82) is 0 Å². The van der Waals surface area contributed by atoms with Crippen LogP contribution in [0.15, 0.2) is 24.3 Å². The van der Waals surface area contributed by atoms with Gasteiger partial charge in [0.05, 0.1) is 5.56 Å². The van der Waals surface area contributed by atoms with Crippen molar-refractivity contribution >= 4 is 5.91 Å². The standard InChI is InChI=1S/C16H21F2NO2/c1-11-7-9-16(2,10-8-11)19-14(20)12-5-3-4-6-13(12)21-15(17)18/h3-6,11,15H,7-10H2,1-2H3,(H,19,20).